The van der Waals surface area contributed by atoms with Crippen molar-refractivity contribution >= 4 is 50.6 Å². The maximum Gasteiger partial charge on any atom is 0.260 e. The highest BCUT2D eigenvalue weighted by atomic mass is 32.2. The lowest BCUT2D eigenvalue weighted by Gasteiger charge is -2.13. The molecule has 1 aliphatic rings. The lowest BCUT2D eigenvalue weighted by molar-refractivity contribution is -0.113. The van der Waals surface area contributed by atoms with Crippen LogP contribution in [0, 0.1) is 0 Å². The molecule has 4 rings (SSSR count). The van der Waals surface area contributed by atoms with Crippen molar-refractivity contribution in [3.05, 3.63) is 45.1 Å². The number of aromatic amines is 1. The maximum atomic E-state index is 12.4. The molecule has 8 heteroatoms. The third-order valence-corrected chi connectivity index (χ3v) is 6.62. The molecule has 0 bridgehead atoms. The summed E-state index contributed by atoms with van der Waals surface area (Å²) in [5.41, 5.74) is 2.89. The highest BCUT2D eigenvalue weighted by Crippen LogP contribution is 2.35. The minimum Gasteiger partial charge on any atom is -0.378 e. The monoisotopic (exact) mass is 400 g/mol. The van der Waals surface area contributed by atoms with Crippen molar-refractivity contribution in [1.82, 2.24) is 9.97 Å². The molecule has 1 aromatic carbocycles. The first kappa shape index (κ1) is 18.1. The predicted octanol–water partition coefficient (Wildman–Crippen LogP) is 3.27. The first-order valence-electron chi connectivity index (χ1n) is 8.76. The van der Waals surface area contributed by atoms with E-state index in [-0.39, 0.29) is 17.2 Å². The number of hydrogen-bond acceptors (Lipinski definition) is 6. The number of hydrogen-bond donors (Lipinski definition) is 2. The molecule has 2 aromatic heterocycles. The number of benzene rings is 1. The molecule has 140 valence electrons. The molecular formula is C19H20N4O2S2. The predicted molar refractivity (Wildman–Crippen MR) is 112 cm³/mol. The zero-order valence-corrected chi connectivity index (χ0v) is 16.8. The highest BCUT2D eigenvalue weighted by Gasteiger charge is 2.21. The molecule has 27 heavy (non-hydrogen) atoms. The van der Waals surface area contributed by atoms with Crippen LogP contribution in [0.1, 0.15) is 16.9 Å². The van der Waals surface area contributed by atoms with Gasteiger partial charge in [-0.15, -0.1) is 11.3 Å². The summed E-state index contributed by atoms with van der Waals surface area (Å²) in [7, 11) is 3.94. The first-order chi connectivity index (χ1) is 13.0. The summed E-state index contributed by atoms with van der Waals surface area (Å²) in [5.74, 6) is 0.0589. The maximum absolute atomic E-state index is 12.4. The normalized spacial score (nSPS) is 13.0. The molecule has 0 saturated heterocycles. The van der Waals surface area contributed by atoms with E-state index in [1.807, 2.05) is 43.3 Å². The van der Waals surface area contributed by atoms with Crippen molar-refractivity contribution in [3.8, 4) is 0 Å². The van der Waals surface area contributed by atoms with Gasteiger partial charge >= 0.3 is 0 Å². The summed E-state index contributed by atoms with van der Waals surface area (Å²) in [4.78, 5) is 36.1. The van der Waals surface area contributed by atoms with Gasteiger partial charge in [0.15, 0.2) is 5.16 Å². The number of aromatic nitrogens is 2. The average molecular weight is 401 g/mol. The lowest BCUT2D eigenvalue weighted by atomic mass is 10.2. The number of carbonyl (C=O) groups excluding carboxylic acids is 1. The number of thioether (sulfide) groups is 1. The molecule has 2 N–H and O–H groups in total. The van der Waals surface area contributed by atoms with E-state index in [1.54, 1.807) is 11.3 Å². The van der Waals surface area contributed by atoms with E-state index in [0.29, 0.717) is 5.16 Å². The first-order valence-corrected chi connectivity index (χ1v) is 10.6. The van der Waals surface area contributed by atoms with E-state index < -0.39 is 0 Å². The van der Waals surface area contributed by atoms with Crippen molar-refractivity contribution in [3.63, 3.8) is 0 Å². The van der Waals surface area contributed by atoms with Crippen LogP contribution in [-0.2, 0) is 17.6 Å². The van der Waals surface area contributed by atoms with Crippen molar-refractivity contribution in [2.24, 2.45) is 0 Å². The SMILES string of the molecule is CN(C)c1ccc(NC(=O)CSc2nc3sc4c(c3c(=O)[nH]2)CCC4)cc1. The number of fused-ring (bicyclic) bond motifs is 3. The largest absolute Gasteiger partial charge is 0.378 e. The van der Waals surface area contributed by atoms with E-state index in [4.69, 9.17) is 0 Å². The van der Waals surface area contributed by atoms with Crippen LogP contribution in [0.25, 0.3) is 10.2 Å². The van der Waals surface area contributed by atoms with Gasteiger partial charge in [0, 0.05) is 30.3 Å². The average Bonchev–Trinajstić information content (AvgIpc) is 3.21. The number of nitrogens with one attached hydrogen (secondary N) is 2. The van der Waals surface area contributed by atoms with E-state index >= 15 is 0 Å². The van der Waals surface area contributed by atoms with Gasteiger partial charge in [0.25, 0.3) is 5.56 Å². The van der Waals surface area contributed by atoms with Crippen LogP contribution in [0.5, 0.6) is 0 Å². The van der Waals surface area contributed by atoms with E-state index in [0.717, 1.165) is 40.9 Å². The summed E-state index contributed by atoms with van der Waals surface area (Å²) >= 11 is 2.85. The Morgan fingerprint density at radius 1 is 1.30 bits per heavy atom. The van der Waals surface area contributed by atoms with Gasteiger partial charge in [-0.3, -0.25) is 9.59 Å². The summed E-state index contributed by atoms with van der Waals surface area (Å²) in [6, 6.07) is 7.64. The van der Waals surface area contributed by atoms with E-state index in [9.17, 15) is 9.59 Å². The number of aryl methyl sites for hydroxylation is 2. The van der Waals surface area contributed by atoms with Crippen LogP contribution in [0.3, 0.4) is 0 Å². The Hall–Kier alpha value is -2.32. The molecule has 0 atom stereocenters. The Labute approximate surface area is 165 Å². The Balaban J connectivity index is 1.42. The number of anilines is 2. The Bertz CT molecular complexity index is 1050. The Morgan fingerprint density at radius 2 is 2.07 bits per heavy atom. The molecule has 2 heterocycles. The van der Waals surface area contributed by atoms with Crippen molar-refractivity contribution in [2.45, 2.75) is 24.4 Å². The van der Waals surface area contributed by atoms with Gasteiger partial charge < -0.3 is 15.2 Å². The van der Waals surface area contributed by atoms with Crippen LogP contribution < -0.4 is 15.8 Å². The fourth-order valence-electron chi connectivity index (χ4n) is 3.22. The van der Waals surface area contributed by atoms with Gasteiger partial charge in [0.1, 0.15) is 4.83 Å². The second-order valence-electron chi connectivity index (χ2n) is 6.69. The number of H-pyrrole nitrogens is 1. The smallest absolute Gasteiger partial charge is 0.260 e. The summed E-state index contributed by atoms with van der Waals surface area (Å²) in [6.07, 6.45) is 3.11. The van der Waals surface area contributed by atoms with Gasteiger partial charge in [-0.05, 0) is 49.1 Å². The lowest BCUT2D eigenvalue weighted by Crippen LogP contribution is -2.16. The quantitative estimate of drug-likeness (QED) is 0.508. The fourth-order valence-corrected chi connectivity index (χ4v) is 5.21. The zero-order chi connectivity index (χ0) is 19.0. The number of rotatable bonds is 5. The molecule has 0 spiro atoms. The van der Waals surface area contributed by atoms with Crippen molar-refractivity contribution in [1.29, 1.82) is 0 Å². The minimum absolute atomic E-state index is 0.0958. The van der Waals surface area contributed by atoms with Crippen molar-refractivity contribution in [2.75, 3.05) is 30.1 Å². The summed E-state index contributed by atoms with van der Waals surface area (Å²) < 4.78 is 0. The molecule has 3 aromatic rings. The number of amides is 1. The van der Waals surface area contributed by atoms with E-state index in [1.165, 1.54) is 22.2 Å². The molecule has 1 amide bonds. The topological polar surface area (TPSA) is 78.1 Å². The molecular weight excluding hydrogens is 380 g/mol. The highest BCUT2D eigenvalue weighted by molar-refractivity contribution is 7.99. The van der Waals surface area contributed by atoms with Crippen LogP contribution in [0.15, 0.2) is 34.2 Å². The van der Waals surface area contributed by atoms with Crippen LogP contribution in [-0.4, -0.2) is 35.7 Å². The van der Waals surface area contributed by atoms with Gasteiger partial charge in [0.2, 0.25) is 5.91 Å². The third-order valence-electron chi connectivity index (χ3n) is 4.56. The van der Waals surface area contributed by atoms with Gasteiger partial charge in [0.05, 0.1) is 11.1 Å². The Morgan fingerprint density at radius 3 is 2.81 bits per heavy atom. The van der Waals surface area contributed by atoms with E-state index in [2.05, 4.69) is 15.3 Å². The molecule has 1 aliphatic carbocycles. The van der Waals surface area contributed by atoms with Crippen LogP contribution in [0.4, 0.5) is 11.4 Å². The van der Waals surface area contributed by atoms with Gasteiger partial charge in [-0.2, -0.15) is 0 Å². The number of nitrogens with zero attached hydrogens (tertiary/aromatic N) is 2. The molecule has 0 radical (unpaired) electrons. The second kappa shape index (κ2) is 7.36. The van der Waals surface area contributed by atoms with Crippen LogP contribution in [0.2, 0.25) is 0 Å². The summed E-state index contributed by atoms with van der Waals surface area (Å²) in [6.45, 7) is 0. The molecule has 0 fully saturated rings. The standard InChI is InChI=1S/C19H20N4O2S2/c1-23(2)12-8-6-11(7-9-12)20-15(24)10-26-19-21-17(25)16-13-4-3-5-14(13)27-18(16)22-19/h6-9H,3-5,10H2,1-2H3,(H,20,24)(H,21,22,25). The minimum atomic E-state index is -0.131. The second-order valence-corrected chi connectivity index (χ2v) is 8.73. The number of thiophene rings is 1. The summed E-state index contributed by atoms with van der Waals surface area (Å²) in [5, 5.41) is 4.10. The Kier molecular flexibility index (Phi) is 4.92. The van der Waals surface area contributed by atoms with Gasteiger partial charge in [-0.25, -0.2) is 4.98 Å². The van der Waals surface area contributed by atoms with Gasteiger partial charge in [-0.1, -0.05) is 11.8 Å². The molecule has 0 saturated carbocycles. The van der Waals surface area contributed by atoms with Crippen molar-refractivity contribution < 1.29 is 4.79 Å². The molecule has 0 unspecified atom stereocenters. The molecule has 0 aliphatic heterocycles. The number of carbonyl (C=O) groups is 1. The third kappa shape index (κ3) is 3.72. The van der Waals surface area contributed by atoms with Crippen LogP contribution >= 0.6 is 23.1 Å². The fraction of sp³-hybridized carbons (Fsp3) is 0.316. The molecule has 6 nitrogen and oxygen atoms in total. The zero-order valence-electron chi connectivity index (χ0n) is 15.2.